The number of carbonyl (C=O) groups excluding carboxylic acids is 1. The Morgan fingerprint density at radius 3 is 2.70 bits per heavy atom. The van der Waals surface area contributed by atoms with Crippen molar-refractivity contribution in [2.75, 3.05) is 0 Å². The standard InChI is InChI=1S/C24H21FN2O2S/c1-16(21-8-4-6-17-5-2-3-7-22(17)21)26-23(28)13-19-15-30-24(27-19)14-29-20-11-9-18(25)10-12-20/h2-12,15-16H,13-14H2,1H3,(H,26,28). The summed E-state index contributed by atoms with van der Waals surface area (Å²) in [7, 11) is 0. The second-order valence-corrected chi connectivity index (χ2v) is 7.95. The zero-order valence-electron chi connectivity index (χ0n) is 16.5. The first-order valence-electron chi connectivity index (χ1n) is 9.67. The first kappa shape index (κ1) is 20.0. The number of carbonyl (C=O) groups is 1. The molecule has 1 N–H and O–H groups in total. The third-order valence-electron chi connectivity index (χ3n) is 4.78. The SMILES string of the molecule is CC(NC(=O)Cc1csc(COc2ccc(F)cc2)n1)c1cccc2ccccc12. The number of fused-ring (bicyclic) bond motifs is 1. The Balaban J connectivity index is 1.34. The van der Waals surface area contributed by atoms with Gasteiger partial charge in [0.15, 0.2) is 0 Å². The predicted molar refractivity (Wildman–Crippen MR) is 117 cm³/mol. The van der Waals surface area contributed by atoms with Gasteiger partial charge in [0.05, 0.1) is 18.2 Å². The van der Waals surface area contributed by atoms with E-state index in [1.54, 1.807) is 12.1 Å². The van der Waals surface area contributed by atoms with Gasteiger partial charge >= 0.3 is 0 Å². The molecule has 0 spiro atoms. The average Bonchev–Trinajstić information content (AvgIpc) is 3.20. The van der Waals surface area contributed by atoms with E-state index >= 15 is 0 Å². The molecule has 6 heteroatoms. The topological polar surface area (TPSA) is 51.2 Å². The zero-order chi connectivity index (χ0) is 20.9. The third-order valence-corrected chi connectivity index (χ3v) is 5.66. The number of nitrogens with one attached hydrogen (secondary N) is 1. The van der Waals surface area contributed by atoms with Gasteiger partial charge in [0.25, 0.3) is 0 Å². The van der Waals surface area contributed by atoms with E-state index in [0.29, 0.717) is 11.4 Å². The molecule has 1 atom stereocenters. The third kappa shape index (κ3) is 4.83. The van der Waals surface area contributed by atoms with E-state index in [0.717, 1.165) is 21.3 Å². The molecule has 4 aromatic rings. The lowest BCUT2D eigenvalue weighted by Crippen LogP contribution is -2.28. The molecular weight excluding hydrogens is 399 g/mol. The quantitative estimate of drug-likeness (QED) is 0.433. The maximum Gasteiger partial charge on any atom is 0.226 e. The smallest absolute Gasteiger partial charge is 0.226 e. The number of amides is 1. The van der Waals surface area contributed by atoms with Crippen LogP contribution in [0.3, 0.4) is 0 Å². The average molecular weight is 421 g/mol. The van der Waals surface area contributed by atoms with Gasteiger partial charge in [-0.1, -0.05) is 42.5 Å². The predicted octanol–water partition coefficient (Wildman–Crippen LogP) is 5.43. The number of aromatic nitrogens is 1. The molecule has 0 saturated carbocycles. The molecule has 30 heavy (non-hydrogen) atoms. The molecule has 3 aromatic carbocycles. The van der Waals surface area contributed by atoms with Gasteiger partial charge in [-0.2, -0.15) is 0 Å². The van der Waals surface area contributed by atoms with Gasteiger partial charge in [-0.15, -0.1) is 11.3 Å². The number of ether oxygens (including phenoxy) is 1. The van der Waals surface area contributed by atoms with Crippen molar-refractivity contribution in [1.82, 2.24) is 10.3 Å². The number of hydrogen-bond donors (Lipinski definition) is 1. The normalized spacial score (nSPS) is 11.9. The van der Waals surface area contributed by atoms with E-state index in [9.17, 15) is 9.18 Å². The van der Waals surface area contributed by atoms with Crippen molar-refractivity contribution in [3.8, 4) is 5.75 Å². The Hall–Kier alpha value is -3.25. The highest BCUT2D eigenvalue weighted by Crippen LogP contribution is 2.24. The molecule has 0 saturated heterocycles. The van der Waals surface area contributed by atoms with Gasteiger partial charge in [-0.25, -0.2) is 9.37 Å². The molecule has 0 aliphatic heterocycles. The summed E-state index contributed by atoms with van der Waals surface area (Å²) in [6.45, 7) is 2.27. The van der Waals surface area contributed by atoms with Crippen LogP contribution in [0.1, 0.15) is 29.2 Å². The molecule has 0 bridgehead atoms. The summed E-state index contributed by atoms with van der Waals surface area (Å²) in [5.41, 5.74) is 1.80. The van der Waals surface area contributed by atoms with Crippen molar-refractivity contribution in [2.24, 2.45) is 0 Å². The van der Waals surface area contributed by atoms with Crippen LogP contribution in [0, 0.1) is 5.82 Å². The Labute approximate surface area is 178 Å². The Bertz CT molecular complexity index is 1150. The fourth-order valence-electron chi connectivity index (χ4n) is 3.34. The first-order chi connectivity index (χ1) is 14.6. The zero-order valence-corrected chi connectivity index (χ0v) is 17.3. The minimum Gasteiger partial charge on any atom is -0.486 e. The van der Waals surface area contributed by atoms with Gasteiger partial charge in [0.2, 0.25) is 5.91 Å². The largest absolute Gasteiger partial charge is 0.486 e. The van der Waals surface area contributed by atoms with E-state index in [4.69, 9.17) is 4.74 Å². The maximum atomic E-state index is 12.9. The Morgan fingerprint density at radius 2 is 1.87 bits per heavy atom. The van der Waals surface area contributed by atoms with Crippen LogP contribution in [-0.2, 0) is 17.8 Å². The highest BCUT2D eigenvalue weighted by Gasteiger charge is 2.14. The number of rotatable bonds is 7. The number of benzene rings is 3. The molecule has 0 aliphatic rings. The minimum absolute atomic E-state index is 0.0771. The van der Waals surface area contributed by atoms with Crippen LogP contribution in [0.4, 0.5) is 4.39 Å². The van der Waals surface area contributed by atoms with Gasteiger partial charge in [0, 0.05) is 5.38 Å². The number of halogens is 1. The second kappa shape index (κ2) is 9.05. The van der Waals surface area contributed by atoms with Crippen LogP contribution < -0.4 is 10.1 Å². The van der Waals surface area contributed by atoms with Gasteiger partial charge in [0.1, 0.15) is 23.2 Å². The fourth-order valence-corrected chi connectivity index (χ4v) is 4.04. The van der Waals surface area contributed by atoms with Crippen molar-refractivity contribution >= 4 is 28.0 Å². The molecule has 1 heterocycles. The number of nitrogens with zero attached hydrogens (tertiary/aromatic N) is 1. The summed E-state index contributed by atoms with van der Waals surface area (Å²) in [5, 5.41) is 8.00. The molecule has 4 nitrogen and oxygen atoms in total. The molecule has 1 unspecified atom stereocenters. The number of thiazole rings is 1. The van der Waals surface area contributed by atoms with E-state index in [1.165, 1.54) is 23.5 Å². The summed E-state index contributed by atoms with van der Waals surface area (Å²) in [6, 6.07) is 20.0. The molecule has 0 radical (unpaired) electrons. The molecule has 0 aliphatic carbocycles. The summed E-state index contributed by atoms with van der Waals surface area (Å²) in [4.78, 5) is 17.0. The van der Waals surface area contributed by atoms with Crippen molar-refractivity contribution in [3.63, 3.8) is 0 Å². The minimum atomic E-state index is -0.303. The summed E-state index contributed by atoms with van der Waals surface area (Å²) < 4.78 is 18.6. The van der Waals surface area contributed by atoms with Gasteiger partial charge < -0.3 is 10.1 Å². The maximum absolute atomic E-state index is 12.9. The van der Waals surface area contributed by atoms with Crippen LogP contribution in [0.5, 0.6) is 5.75 Å². The number of hydrogen-bond acceptors (Lipinski definition) is 4. The lowest BCUT2D eigenvalue weighted by Gasteiger charge is -2.16. The van der Waals surface area contributed by atoms with Crippen molar-refractivity contribution in [1.29, 1.82) is 0 Å². The van der Waals surface area contributed by atoms with Crippen molar-refractivity contribution < 1.29 is 13.9 Å². The highest BCUT2D eigenvalue weighted by atomic mass is 32.1. The monoisotopic (exact) mass is 420 g/mol. The first-order valence-corrected chi connectivity index (χ1v) is 10.5. The molecule has 0 fully saturated rings. The summed E-state index contributed by atoms with van der Waals surface area (Å²) in [5.74, 6) is 0.198. The Morgan fingerprint density at radius 1 is 1.10 bits per heavy atom. The van der Waals surface area contributed by atoms with Crippen molar-refractivity contribution in [2.45, 2.75) is 26.0 Å². The molecule has 152 valence electrons. The molecule has 1 amide bonds. The molecule has 1 aromatic heterocycles. The van der Waals surface area contributed by atoms with Crippen LogP contribution in [0.15, 0.2) is 72.1 Å². The van der Waals surface area contributed by atoms with Crippen LogP contribution >= 0.6 is 11.3 Å². The van der Waals surface area contributed by atoms with Crippen LogP contribution in [0.25, 0.3) is 10.8 Å². The fraction of sp³-hybridized carbons (Fsp3) is 0.167. The second-order valence-electron chi connectivity index (χ2n) is 7.01. The van der Waals surface area contributed by atoms with E-state index < -0.39 is 0 Å². The molecule has 4 rings (SSSR count). The Kier molecular flexibility index (Phi) is 6.05. The summed E-state index contributed by atoms with van der Waals surface area (Å²) >= 11 is 1.44. The van der Waals surface area contributed by atoms with Crippen LogP contribution in [0.2, 0.25) is 0 Å². The van der Waals surface area contributed by atoms with Gasteiger partial charge in [-0.3, -0.25) is 4.79 Å². The van der Waals surface area contributed by atoms with Crippen LogP contribution in [-0.4, -0.2) is 10.9 Å². The highest BCUT2D eigenvalue weighted by molar-refractivity contribution is 7.09. The van der Waals surface area contributed by atoms with Crippen molar-refractivity contribution in [3.05, 3.63) is 94.2 Å². The lowest BCUT2D eigenvalue weighted by atomic mass is 9.99. The summed E-state index contributed by atoms with van der Waals surface area (Å²) in [6.07, 6.45) is 0.210. The molecular formula is C24H21FN2O2S. The lowest BCUT2D eigenvalue weighted by molar-refractivity contribution is -0.121. The van der Waals surface area contributed by atoms with E-state index in [2.05, 4.69) is 28.5 Å². The van der Waals surface area contributed by atoms with E-state index in [-0.39, 0.29) is 30.8 Å². The van der Waals surface area contributed by atoms with Gasteiger partial charge in [-0.05, 0) is 47.5 Å². The van der Waals surface area contributed by atoms with E-state index in [1.807, 2.05) is 36.6 Å².